The van der Waals surface area contributed by atoms with Gasteiger partial charge in [0.2, 0.25) is 5.69 Å². The fraction of sp³-hybridized carbons (Fsp3) is 0.0714. The monoisotopic (exact) mass is 502 g/mol. The molecule has 2 aliphatic carbocycles. The number of rotatable bonds is 0. The standard InChI is InChI=1S/C28H6F4N6/c1-36-18-7-13-15(27(31)28(18)32)6-17-21(19(9-34)37-2)16-5-14-12(4-11(8-33)25(29)26(14)30)22(16)24(23(13)17)20(10-35)38-3/h4,7H,5-6H2/b21-19-,24-20-. The van der Waals surface area contributed by atoms with Crippen LogP contribution in [0.2, 0.25) is 0 Å². The Morgan fingerprint density at radius 2 is 1.18 bits per heavy atom. The van der Waals surface area contributed by atoms with Crippen molar-refractivity contribution in [1.29, 1.82) is 15.8 Å². The van der Waals surface area contributed by atoms with Crippen LogP contribution in [0.15, 0.2) is 12.1 Å². The van der Waals surface area contributed by atoms with Gasteiger partial charge in [0.25, 0.3) is 11.4 Å². The van der Waals surface area contributed by atoms with Crippen molar-refractivity contribution in [2.24, 2.45) is 0 Å². The molecule has 0 radical (unpaired) electrons. The molecule has 0 saturated heterocycles. The van der Waals surface area contributed by atoms with E-state index in [4.69, 9.17) is 19.7 Å². The van der Waals surface area contributed by atoms with Crippen LogP contribution in [0.4, 0.5) is 23.2 Å². The third kappa shape index (κ3) is 2.87. The minimum atomic E-state index is -1.40. The molecule has 0 saturated carbocycles. The van der Waals surface area contributed by atoms with Crippen LogP contribution in [0.3, 0.4) is 0 Å². The summed E-state index contributed by atoms with van der Waals surface area (Å²) in [5, 5.41) is 28.8. The summed E-state index contributed by atoms with van der Waals surface area (Å²) in [6.07, 6.45) is -0.706. The van der Waals surface area contributed by atoms with Crippen molar-refractivity contribution in [3.63, 3.8) is 0 Å². The lowest BCUT2D eigenvalue weighted by atomic mass is 9.90. The molecule has 5 rings (SSSR count). The van der Waals surface area contributed by atoms with Gasteiger partial charge < -0.3 is 0 Å². The Bertz CT molecular complexity index is 1940. The van der Waals surface area contributed by atoms with Crippen LogP contribution < -0.4 is 10.4 Å². The van der Waals surface area contributed by atoms with Gasteiger partial charge in [-0.2, -0.15) is 5.26 Å². The van der Waals surface area contributed by atoms with Gasteiger partial charge in [0.15, 0.2) is 23.3 Å². The maximum atomic E-state index is 15.1. The van der Waals surface area contributed by atoms with E-state index in [9.17, 15) is 24.6 Å². The first kappa shape index (κ1) is 23.8. The first-order valence-corrected chi connectivity index (χ1v) is 10.6. The van der Waals surface area contributed by atoms with Crippen molar-refractivity contribution in [3.05, 3.63) is 108 Å². The second-order valence-corrected chi connectivity index (χ2v) is 8.31. The predicted molar refractivity (Wildman–Crippen MR) is 124 cm³/mol. The Labute approximate surface area is 211 Å². The second kappa shape index (κ2) is 8.33. The van der Waals surface area contributed by atoms with E-state index in [1.54, 1.807) is 18.2 Å². The highest BCUT2D eigenvalue weighted by Gasteiger charge is 2.36. The Balaban J connectivity index is 2.18. The van der Waals surface area contributed by atoms with E-state index in [0.29, 0.717) is 0 Å². The fourth-order valence-corrected chi connectivity index (χ4v) is 5.23. The highest BCUT2D eigenvalue weighted by atomic mass is 19.2. The van der Waals surface area contributed by atoms with Crippen molar-refractivity contribution in [1.82, 2.24) is 0 Å². The van der Waals surface area contributed by atoms with E-state index in [1.165, 1.54) is 0 Å². The summed E-state index contributed by atoms with van der Waals surface area (Å²) in [5.41, 5.74) is -2.54. The average Bonchev–Trinajstić information content (AvgIpc) is 3.49. The summed E-state index contributed by atoms with van der Waals surface area (Å²) >= 11 is 0. The molecule has 2 aliphatic rings. The van der Waals surface area contributed by atoms with Gasteiger partial charge in [-0.3, -0.25) is 0 Å². The topological polar surface area (TPSA) is 84.4 Å². The van der Waals surface area contributed by atoms with Crippen molar-refractivity contribution in [3.8, 4) is 40.5 Å². The van der Waals surface area contributed by atoms with Gasteiger partial charge in [0, 0.05) is 29.2 Å². The molecule has 0 spiro atoms. The number of benzene rings is 3. The normalized spacial score (nSPS) is 13.2. The van der Waals surface area contributed by atoms with Gasteiger partial charge in [-0.05, 0) is 50.7 Å². The van der Waals surface area contributed by atoms with E-state index in [1.807, 2.05) is 0 Å². The van der Waals surface area contributed by atoms with E-state index in [0.717, 1.165) is 12.1 Å². The SMILES string of the molecule is [C-]#[N+]/C(C#N)=c1/c2c(/c(=C(\C#N)[N+]#[C-])c3c1Cc1c-3cc([N+]#[C-])c(F)c1F)-c1cc(C#N)c(F)c(F)c1C2. The molecule has 3 aromatic rings. The van der Waals surface area contributed by atoms with Gasteiger partial charge in [0.1, 0.15) is 6.07 Å². The van der Waals surface area contributed by atoms with Crippen LogP contribution in [0.1, 0.15) is 27.8 Å². The third-order valence-electron chi connectivity index (χ3n) is 6.70. The smallest absolute Gasteiger partial charge is 0.235 e. The molecule has 0 heterocycles. The van der Waals surface area contributed by atoms with Crippen LogP contribution in [-0.2, 0) is 12.8 Å². The molecule has 3 aromatic carbocycles. The van der Waals surface area contributed by atoms with Crippen LogP contribution in [0.5, 0.6) is 0 Å². The zero-order valence-electron chi connectivity index (χ0n) is 18.8. The van der Waals surface area contributed by atoms with Crippen LogP contribution in [-0.4, -0.2) is 0 Å². The number of halogens is 4. The lowest BCUT2D eigenvalue weighted by Crippen LogP contribution is -2.25. The Morgan fingerprint density at radius 1 is 0.684 bits per heavy atom. The molecule has 6 nitrogen and oxygen atoms in total. The summed E-state index contributed by atoms with van der Waals surface area (Å²) in [4.78, 5) is 9.53. The third-order valence-corrected chi connectivity index (χ3v) is 6.70. The largest absolute Gasteiger partial charge is 0.270 e. The zero-order valence-corrected chi connectivity index (χ0v) is 18.8. The van der Waals surface area contributed by atoms with Crippen molar-refractivity contribution in [2.75, 3.05) is 0 Å². The highest BCUT2D eigenvalue weighted by Crippen LogP contribution is 2.44. The fourth-order valence-electron chi connectivity index (χ4n) is 5.23. The minimum absolute atomic E-state index is 0.00930. The molecule has 38 heavy (non-hydrogen) atoms. The summed E-state index contributed by atoms with van der Waals surface area (Å²) in [7, 11) is 0. The molecular weight excluding hydrogens is 496 g/mol. The highest BCUT2D eigenvalue weighted by molar-refractivity contribution is 5.94. The lowest BCUT2D eigenvalue weighted by Gasteiger charge is -2.13. The maximum Gasteiger partial charge on any atom is 0.270 e. The maximum absolute atomic E-state index is 15.1. The number of nitrogens with zero attached hydrogens (tertiary/aromatic N) is 6. The molecule has 0 fully saturated rings. The molecule has 0 bridgehead atoms. The Hall–Kier alpha value is -5.94. The molecule has 0 N–H and O–H groups in total. The van der Waals surface area contributed by atoms with E-state index >= 15 is 8.78 Å². The zero-order chi connectivity index (χ0) is 27.5. The van der Waals surface area contributed by atoms with Gasteiger partial charge in [-0.1, -0.05) is 0 Å². The summed E-state index contributed by atoms with van der Waals surface area (Å²) in [6, 6.07) is 7.15. The van der Waals surface area contributed by atoms with Crippen molar-refractivity contribution >= 4 is 17.1 Å². The lowest BCUT2D eigenvalue weighted by molar-refractivity contribution is 0.500. The number of nitriles is 3. The molecule has 10 heteroatoms. The summed E-state index contributed by atoms with van der Waals surface area (Å²) < 4.78 is 59.4. The van der Waals surface area contributed by atoms with E-state index in [2.05, 4.69) is 14.5 Å². The van der Waals surface area contributed by atoms with Crippen LogP contribution >= 0.6 is 0 Å². The summed E-state index contributed by atoms with van der Waals surface area (Å²) in [5.74, 6) is -5.46. The first-order chi connectivity index (χ1) is 18.3. The van der Waals surface area contributed by atoms with Crippen LogP contribution in [0, 0.1) is 77.0 Å². The number of hydrogen-bond donors (Lipinski definition) is 0. The van der Waals surface area contributed by atoms with Crippen molar-refractivity contribution in [2.45, 2.75) is 12.8 Å². The number of hydrogen-bond acceptors (Lipinski definition) is 3. The Kier molecular flexibility index (Phi) is 5.21. The van der Waals surface area contributed by atoms with Gasteiger partial charge in [-0.25, -0.2) is 42.6 Å². The quantitative estimate of drug-likeness (QED) is 0.223. The second-order valence-electron chi connectivity index (χ2n) is 8.31. The predicted octanol–water partition coefficient (Wildman–Crippen LogP) is 4.91. The first-order valence-electron chi connectivity index (χ1n) is 10.6. The average molecular weight is 502 g/mol. The number of fused-ring (bicyclic) bond motifs is 6. The van der Waals surface area contributed by atoms with Gasteiger partial charge in [0.05, 0.1) is 37.4 Å². The van der Waals surface area contributed by atoms with Crippen LogP contribution in [0.25, 0.3) is 48.2 Å². The van der Waals surface area contributed by atoms with Gasteiger partial charge >= 0.3 is 0 Å². The molecule has 176 valence electrons. The van der Waals surface area contributed by atoms with Gasteiger partial charge in [-0.15, -0.1) is 0 Å². The molecule has 0 aromatic heterocycles. The molecule has 0 atom stereocenters. The Morgan fingerprint density at radius 3 is 1.66 bits per heavy atom. The van der Waals surface area contributed by atoms with E-state index in [-0.39, 0.29) is 67.8 Å². The molecule has 0 aliphatic heterocycles. The van der Waals surface area contributed by atoms with Crippen molar-refractivity contribution < 1.29 is 17.6 Å². The summed E-state index contributed by atoms with van der Waals surface area (Å²) in [6.45, 7) is 22.4. The molecule has 0 amide bonds. The molecular formula is C28H6F4N6. The minimum Gasteiger partial charge on any atom is -0.235 e. The van der Waals surface area contributed by atoms with E-state index < -0.39 is 45.9 Å². The molecule has 0 unspecified atom stereocenters.